The van der Waals surface area contributed by atoms with Crippen LogP contribution in [0, 0.1) is 5.92 Å². The maximum absolute atomic E-state index is 11.5. The third-order valence-electron chi connectivity index (χ3n) is 3.22. The summed E-state index contributed by atoms with van der Waals surface area (Å²) in [6.07, 6.45) is 1.77. The molecule has 0 fully saturated rings. The normalized spacial score (nSPS) is 16.0. The monoisotopic (exact) mass is 777 g/mol. The topological polar surface area (TPSA) is 316 Å². The van der Waals surface area contributed by atoms with E-state index in [-0.39, 0.29) is 68.3 Å². The zero-order valence-electron chi connectivity index (χ0n) is 19.4. The summed E-state index contributed by atoms with van der Waals surface area (Å²) in [5.41, 5.74) is -10.2. The molecule has 0 saturated heterocycles. The molecule has 0 bridgehead atoms. The van der Waals surface area contributed by atoms with Crippen LogP contribution in [0.25, 0.3) is 0 Å². The largest absolute Gasteiger partial charge is 2.00 e. The summed E-state index contributed by atoms with van der Waals surface area (Å²) in [6, 6.07) is 9.87. The summed E-state index contributed by atoms with van der Waals surface area (Å²) in [4.78, 5) is 11.5. The van der Waals surface area contributed by atoms with E-state index in [4.69, 9.17) is 30.7 Å². The van der Waals surface area contributed by atoms with Crippen LogP contribution in [0.1, 0.15) is 25.5 Å². The predicted octanol–water partition coefficient (Wildman–Crippen LogP) is 3.78. The molecule has 15 N–H and O–H groups in total. The van der Waals surface area contributed by atoms with Gasteiger partial charge in [0.15, 0.2) is 20.2 Å². The molecule has 0 saturated carbocycles. The third kappa shape index (κ3) is 18.2. The van der Waals surface area contributed by atoms with Gasteiger partial charge >= 0.3 is 30.8 Å². The number of hydrogen-bond donors (Lipinski definition) is 5. The van der Waals surface area contributed by atoms with Gasteiger partial charge in [0, 0.05) is 0 Å². The second-order valence-electron chi connectivity index (χ2n) is 5.66. The number of allylic oxidation sites excluding steroid dienone is 1. The van der Waals surface area contributed by atoms with E-state index in [9.17, 15) is 31.1 Å². The van der Waals surface area contributed by atoms with Crippen LogP contribution in [-0.2, 0) is 49.6 Å². The van der Waals surface area contributed by atoms with E-state index >= 15 is 0 Å². The second-order valence-corrected chi connectivity index (χ2v) is 8.40. The fourth-order valence-electron chi connectivity index (χ4n) is 1.90. The Balaban J connectivity index is -0.0000000726. The summed E-state index contributed by atoms with van der Waals surface area (Å²) < 4.78 is 123. The van der Waals surface area contributed by atoms with Crippen molar-refractivity contribution in [3.05, 3.63) is 47.7 Å². The molecule has 2 atom stereocenters. The van der Waals surface area contributed by atoms with Crippen molar-refractivity contribution >= 4 is 26.0 Å². The minimum atomic E-state index is -6.09. The standard InChI is InChI=1S/C13H14O2.2CHF3O3S.5H3N.Os/c1-9-8-12(10(2)14)13(15-9)11-6-4-3-5-7-11;2*2-1(3,4)8(5,6)7;;;;;;/h3-8,12-13H,1-2H3;2*(H,5,6,7);5*1H3;/q;;;;;;;;+2/p-2/t12-,13-;;;;;;;;/m1......../s1. The molecule has 1 aromatic rings. The molecule has 0 aromatic heterocycles. The molecule has 37 heavy (non-hydrogen) atoms. The van der Waals surface area contributed by atoms with Gasteiger partial charge in [0.05, 0.1) is 11.7 Å². The molecule has 1 heterocycles. The van der Waals surface area contributed by atoms with Crippen molar-refractivity contribution in [1.29, 1.82) is 0 Å². The summed E-state index contributed by atoms with van der Waals surface area (Å²) in [5.74, 6) is 0.858. The Bertz CT molecular complexity index is 968. The smallest absolute Gasteiger partial charge is 0.741 e. The average molecular weight is 776 g/mol. The van der Waals surface area contributed by atoms with Crippen LogP contribution in [0.3, 0.4) is 0 Å². The first-order valence-corrected chi connectivity index (χ1v) is 10.4. The van der Waals surface area contributed by atoms with Gasteiger partial charge in [-0.1, -0.05) is 30.3 Å². The number of carbonyl (C=O) groups is 1. The molecule has 224 valence electrons. The van der Waals surface area contributed by atoms with Gasteiger partial charge in [-0.3, -0.25) is 4.79 Å². The molecule has 2 rings (SSSR count). The van der Waals surface area contributed by atoms with Crippen LogP contribution >= 0.6 is 0 Å². The first kappa shape index (κ1) is 51.8. The van der Waals surface area contributed by atoms with Crippen molar-refractivity contribution in [2.45, 2.75) is 31.0 Å². The van der Waals surface area contributed by atoms with Crippen molar-refractivity contribution in [1.82, 2.24) is 30.8 Å². The van der Waals surface area contributed by atoms with Crippen molar-refractivity contribution in [3.8, 4) is 0 Å². The van der Waals surface area contributed by atoms with E-state index in [2.05, 4.69) is 0 Å². The van der Waals surface area contributed by atoms with E-state index in [1.807, 2.05) is 43.3 Å². The van der Waals surface area contributed by atoms with Gasteiger partial charge in [-0.25, -0.2) is 16.8 Å². The van der Waals surface area contributed by atoms with Crippen LogP contribution < -0.4 is 30.8 Å². The zero-order valence-corrected chi connectivity index (χ0v) is 23.5. The molecule has 1 aliphatic rings. The van der Waals surface area contributed by atoms with Crippen molar-refractivity contribution in [2.75, 3.05) is 0 Å². The number of rotatable bonds is 2. The fourth-order valence-corrected chi connectivity index (χ4v) is 1.90. The molecule has 0 radical (unpaired) electrons. The van der Waals surface area contributed by atoms with Crippen LogP contribution in [0.2, 0.25) is 0 Å². The SMILES string of the molecule is CC(=O)[C@H]1C=C(C)O[C@@H]1c1ccccc1.N.N.N.N.N.O=S(=O)([O-])C(F)(F)F.O=S(=O)([O-])C(F)(F)F.[Os+2]. The number of Topliss-reactive ketones (excluding diaryl/α,β-unsaturated/α-hetero) is 1. The summed E-state index contributed by atoms with van der Waals surface area (Å²) in [5, 5.41) is 0. The van der Waals surface area contributed by atoms with Gasteiger partial charge < -0.3 is 44.6 Å². The Kier molecular flexibility index (Phi) is 27.1. The molecule has 0 spiro atoms. The molecule has 1 aromatic carbocycles. The number of ether oxygens (including phenoxy) is 1. The number of alkyl halides is 6. The zero-order chi connectivity index (χ0) is 24.8. The molecule has 0 unspecified atom stereocenters. The van der Waals surface area contributed by atoms with Gasteiger partial charge in [0.2, 0.25) is 0 Å². The molecular weight excluding hydrogens is 747 g/mol. The first-order valence-electron chi connectivity index (χ1n) is 7.63. The van der Waals surface area contributed by atoms with Crippen molar-refractivity contribution < 1.29 is 81.6 Å². The number of hydrogen-bond acceptors (Lipinski definition) is 13. The Morgan fingerprint density at radius 3 is 1.35 bits per heavy atom. The molecule has 1 aliphatic heterocycles. The third-order valence-corrected chi connectivity index (χ3v) is 4.35. The molecule has 13 nitrogen and oxygen atoms in total. The molecule has 22 heteroatoms. The Morgan fingerprint density at radius 1 is 0.811 bits per heavy atom. The van der Waals surface area contributed by atoms with E-state index in [1.54, 1.807) is 6.92 Å². The maximum Gasteiger partial charge on any atom is 2.00 e. The molecule has 0 amide bonds. The van der Waals surface area contributed by atoms with E-state index < -0.39 is 31.3 Å². The summed E-state index contributed by atoms with van der Waals surface area (Å²) >= 11 is 0. The van der Waals surface area contributed by atoms with Crippen molar-refractivity contribution in [2.24, 2.45) is 5.92 Å². The first-order chi connectivity index (χ1) is 13.7. The molecule has 0 aliphatic carbocycles. The van der Waals surface area contributed by atoms with Crippen LogP contribution in [-0.4, -0.2) is 42.7 Å². The van der Waals surface area contributed by atoms with Gasteiger partial charge in [-0.05, 0) is 25.5 Å². The fraction of sp³-hybridized carbons (Fsp3) is 0.400. The minimum absolute atomic E-state index is 0. The molecular formula is C15H29F6N5O8OsS2. The van der Waals surface area contributed by atoms with Crippen LogP contribution in [0.4, 0.5) is 26.3 Å². The number of benzene rings is 1. The summed E-state index contributed by atoms with van der Waals surface area (Å²) in [7, 11) is -12.2. The maximum atomic E-state index is 11.5. The number of carbonyl (C=O) groups excluding carboxylic acids is 1. The Morgan fingerprint density at radius 2 is 1.11 bits per heavy atom. The van der Waals surface area contributed by atoms with Gasteiger partial charge in [-0.15, -0.1) is 0 Å². The van der Waals surface area contributed by atoms with E-state index in [0.717, 1.165) is 11.3 Å². The van der Waals surface area contributed by atoms with E-state index in [1.165, 1.54) is 0 Å². The van der Waals surface area contributed by atoms with Crippen LogP contribution in [0.5, 0.6) is 0 Å². The quantitative estimate of drug-likeness (QED) is 0.162. The summed E-state index contributed by atoms with van der Waals surface area (Å²) in [6.45, 7) is 3.50. The Labute approximate surface area is 222 Å². The van der Waals surface area contributed by atoms with Gasteiger partial charge in [-0.2, -0.15) is 26.3 Å². The average Bonchev–Trinajstić information content (AvgIpc) is 2.95. The predicted molar refractivity (Wildman–Crippen MR) is 115 cm³/mol. The van der Waals surface area contributed by atoms with Crippen molar-refractivity contribution in [3.63, 3.8) is 0 Å². The van der Waals surface area contributed by atoms with Gasteiger partial charge in [0.1, 0.15) is 11.9 Å². The Hall–Kier alpha value is -1.73. The van der Waals surface area contributed by atoms with E-state index in [0.29, 0.717) is 0 Å². The van der Waals surface area contributed by atoms with Gasteiger partial charge in [0.25, 0.3) is 0 Å². The minimum Gasteiger partial charge on any atom is -0.741 e. The second kappa shape index (κ2) is 19.4. The number of halogens is 6. The van der Waals surface area contributed by atoms with Crippen LogP contribution in [0.15, 0.2) is 42.2 Å². The number of ketones is 1.